The highest BCUT2D eigenvalue weighted by molar-refractivity contribution is 5.68. The second-order valence-corrected chi connectivity index (χ2v) is 5.24. The van der Waals surface area contributed by atoms with Crippen LogP contribution in [0.5, 0.6) is 5.75 Å². The minimum Gasteiger partial charge on any atom is -0.493 e. The Balaban J connectivity index is 2.28. The smallest absolute Gasteiger partial charge is 0.164 e. The van der Waals surface area contributed by atoms with Crippen molar-refractivity contribution in [1.82, 2.24) is 14.7 Å². The Morgan fingerprint density at radius 2 is 2.32 bits per heavy atom. The molecule has 1 aliphatic rings. The van der Waals surface area contributed by atoms with Crippen molar-refractivity contribution in [3.05, 3.63) is 18.0 Å². The number of allylic oxidation sites excluding steroid dienone is 1. The van der Waals surface area contributed by atoms with Crippen molar-refractivity contribution in [2.75, 3.05) is 27.7 Å². The number of nitrogens with zero attached hydrogens (tertiary/aromatic N) is 3. The third-order valence-electron chi connectivity index (χ3n) is 3.43. The Bertz CT molecular complexity index is 452. The molecule has 1 atom stereocenters. The molecule has 1 heterocycles. The number of hydrogen-bond donors (Lipinski definition) is 1. The quantitative estimate of drug-likeness (QED) is 0.874. The summed E-state index contributed by atoms with van der Waals surface area (Å²) < 4.78 is 7.38. The molecule has 0 amide bonds. The predicted molar refractivity (Wildman–Crippen MR) is 75.2 cm³/mol. The summed E-state index contributed by atoms with van der Waals surface area (Å²) in [6.07, 6.45) is 6.18. The van der Waals surface area contributed by atoms with Crippen molar-refractivity contribution >= 4 is 5.57 Å². The Morgan fingerprint density at radius 1 is 1.53 bits per heavy atom. The van der Waals surface area contributed by atoms with Crippen LogP contribution in [0.3, 0.4) is 0 Å². The van der Waals surface area contributed by atoms with Gasteiger partial charge in [0.05, 0.1) is 26.0 Å². The van der Waals surface area contributed by atoms with Crippen molar-refractivity contribution in [3.63, 3.8) is 0 Å². The molecule has 0 aromatic carbocycles. The van der Waals surface area contributed by atoms with Gasteiger partial charge in [0.2, 0.25) is 0 Å². The lowest BCUT2D eigenvalue weighted by Gasteiger charge is -2.19. The van der Waals surface area contributed by atoms with E-state index in [-0.39, 0.29) is 6.10 Å². The van der Waals surface area contributed by atoms with E-state index in [4.69, 9.17) is 4.74 Å². The largest absolute Gasteiger partial charge is 0.493 e. The normalized spacial score (nSPS) is 19.6. The van der Waals surface area contributed by atoms with Crippen LogP contribution in [-0.2, 0) is 6.54 Å². The van der Waals surface area contributed by atoms with Gasteiger partial charge in [0, 0.05) is 6.54 Å². The maximum atomic E-state index is 9.80. The van der Waals surface area contributed by atoms with Gasteiger partial charge < -0.3 is 14.7 Å². The first-order chi connectivity index (χ1) is 9.11. The molecule has 0 saturated carbocycles. The average Bonchev–Trinajstić information content (AvgIpc) is 2.79. The van der Waals surface area contributed by atoms with Crippen molar-refractivity contribution in [3.8, 4) is 5.75 Å². The molecule has 1 aliphatic carbocycles. The summed E-state index contributed by atoms with van der Waals surface area (Å²) in [7, 11) is 5.75. The minimum absolute atomic E-state index is 0.342. The molecule has 106 valence electrons. The summed E-state index contributed by atoms with van der Waals surface area (Å²) in [5.41, 5.74) is 2.16. The molecule has 0 aliphatic heterocycles. The topological polar surface area (TPSA) is 50.5 Å². The predicted octanol–water partition coefficient (Wildman–Crippen LogP) is 1.38. The van der Waals surface area contributed by atoms with E-state index < -0.39 is 0 Å². The Kier molecular flexibility index (Phi) is 4.61. The zero-order chi connectivity index (χ0) is 13.8. The monoisotopic (exact) mass is 265 g/mol. The number of aliphatic hydroxyl groups is 1. The summed E-state index contributed by atoms with van der Waals surface area (Å²) in [4.78, 5) is 2.13. The molecule has 1 aromatic heterocycles. The number of rotatable bonds is 5. The molecule has 1 aromatic rings. The van der Waals surface area contributed by atoms with Crippen molar-refractivity contribution < 1.29 is 9.84 Å². The average molecular weight is 265 g/mol. The first-order valence-corrected chi connectivity index (χ1v) is 6.75. The number of likely N-dealkylation sites (N-methyl/N-ethyl adjacent to an activating group) is 1. The number of methoxy groups -OCH3 is 1. The van der Waals surface area contributed by atoms with Gasteiger partial charge in [0.15, 0.2) is 5.75 Å². The van der Waals surface area contributed by atoms with Crippen molar-refractivity contribution in [2.24, 2.45) is 0 Å². The zero-order valence-electron chi connectivity index (χ0n) is 12.0. The summed E-state index contributed by atoms with van der Waals surface area (Å²) in [6, 6.07) is 0. The summed E-state index contributed by atoms with van der Waals surface area (Å²) in [5.74, 6) is 0.791. The highest BCUT2D eigenvalue weighted by atomic mass is 16.5. The van der Waals surface area contributed by atoms with E-state index in [1.807, 2.05) is 24.9 Å². The van der Waals surface area contributed by atoms with Crippen LogP contribution in [-0.4, -0.2) is 53.6 Å². The highest BCUT2D eigenvalue weighted by Gasteiger charge is 2.20. The summed E-state index contributed by atoms with van der Waals surface area (Å²) in [5, 5.41) is 14.2. The Labute approximate surface area is 114 Å². The maximum Gasteiger partial charge on any atom is 0.164 e. The molecule has 2 rings (SSSR count). The number of aromatic nitrogens is 2. The van der Waals surface area contributed by atoms with Crippen LogP contribution in [0.1, 0.15) is 25.0 Å². The van der Waals surface area contributed by atoms with E-state index in [2.05, 4.69) is 10.00 Å². The van der Waals surface area contributed by atoms with Gasteiger partial charge in [-0.25, -0.2) is 0 Å². The molecule has 0 spiro atoms. The van der Waals surface area contributed by atoms with Crippen LogP contribution in [0.25, 0.3) is 5.57 Å². The highest BCUT2D eigenvalue weighted by Crippen LogP contribution is 2.32. The molecule has 0 saturated heterocycles. The van der Waals surface area contributed by atoms with Crippen LogP contribution in [0.4, 0.5) is 0 Å². The second-order valence-electron chi connectivity index (χ2n) is 5.24. The molecule has 1 N–H and O–H groups in total. The van der Waals surface area contributed by atoms with Gasteiger partial charge in [0.1, 0.15) is 5.69 Å². The molecule has 5 nitrogen and oxygen atoms in total. The molecule has 0 fully saturated rings. The van der Waals surface area contributed by atoms with Crippen molar-refractivity contribution in [2.45, 2.75) is 31.9 Å². The van der Waals surface area contributed by atoms with Crippen LogP contribution >= 0.6 is 0 Å². The Hall–Kier alpha value is -1.33. The summed E-state index contributed by atoms with van der Waals surface area (Å²) in [6.45, 7) is 1.74. The molecular weight excluding hydrogens is 242 g/mol. The molecule has 0 radical (unpaired) electrons. The van der Waals surface area contributed by atoms with E-state index in [9.17, 15) is 5.11 Å². The number of aliphatic hydroxyl groups excluding tert-OH is 1. The van der Waals surface area contributed by atoms with Crippen molar-refractivity contribution in [1.29, 1.82) is 0 Å². The molecule has 0 bridgehead atoms. The standard InChI is InChI=1S/C14H23N3O2/c1-16(2)7-8-17-14(13(19-3)10-15-17)11-5-4-6-12(18)9-11/h9-10,12,18H,4-8H2,1-3H3. The van der Waals surface area contributed by atoms with Gasteiger partial charge in [-0.15, -0.1) is 0 Å². The molecule has 1 unspecified atom stereocenters. The Morgan fingerprint density at radius 3 is 2.95 bits per heavy atom. The van der Waals surface area contributed by atoms with Gasteiger partial charge in [-0.1, -0.05) is 6.08 Å². The lowest BCUT2D eigenvalue weighted by atomic mass is 9.95. The van der Waals surface area contributed by atoms with Crippen LogP contribution in [0.2, 0.25) is 0 Å². The van der Waals surface area contributed by atoms with E-state index in [1.54, 1.807) is 13.3 Å². The fourth-order valence-corrected chi connectivity index (χ4v) is 2.40. The fourth-order valence-electron chi connectivity index (χ4n) is 2.40. The van der Waals surface area contributed by atoms with E-state index in [0.717, 1.165) is 49.4 Å². The van der Waals surface area contributed by atoms with Crippen LogP contribution < -0.4 is 4.74 Å². The van der Waals surface area contributed by atoms with E-state index in [0.29, 0.717) is 0 Å². The SMILES string of the molecule is COc1cnn(CCN(C)C)c1C1=CC(O)CCC1. The lowest BCUT2D eigenvalue weighted by Crippen LogP contribution is -2.20. The first-order valence-electron chi connectivity index (χ1n) is 6.75. The lowest BCUT2D eigenvalue weighted by molar-refractivity contribution is 0.206. The van der Waals surface area contributed by atoms with Gasteiger partial charge in [-0.3, -0.25) is 4.68 Å². The maximum absolute atomic E-state index is 9.80. The molecule has 5 heteroatoms. The van der Waals surface area contributed by atoms with E-state index >= 15 is 0 Å². The third kappa shape index (κ3) is 3.36. The van der Waals surface area contributed by atoms with Gasteiger partial charge in [-0.2, -0.15) is 5.10 Å². The van der Waals surface area contributed by atoms with Gasteiger partial charge in [0.25, 0.3) is 0 Å². The summed E-state index contributed by atoms with van der Waals surface area (Å²) >= 11 is 0. The minimum atomic E-state index is -0.342. The first kappa shape index (κ1) is 14.1. The third-order valence-corrected chi connectivity index (χ3v) is 3.43. The van der Waals surface area contributed by atoms with Gasteiger partial charge in [-0.05, 0) is 38.9 Å². The van der Waals surface area contributed by atoms with Gasteiger partial charge >= 0.3 is 0 Å². The number of hydrogen-bond acceptors (Lipinski definition) is 4. The number of ether oxygens (including phenoxy) is 1. The fraction of sp³-hybridized carbons (Fsp3) is 0.643. The molecule has 19 heavy (non-hydrogen) atoms. The molecular formula is C14H23N3O2. The van der Waals surface area contributed by atoms with E-state index in [1.165, 1.54) is 0 Å². The second kappa shape index (κ2) is 6.21. The zero-order valence-corrected chi connectivity index (χ0v) is 12.0. The van der Waals surface area contributed by atoms with Crippen LogP contribution in [0, 0.1) is 0 Å². The van der Waals surface area contributed by atoms with Crippen LogP contribution in [0.15, 0.2) is 12.3 Å².